The molecule has 0 aliphatic carbocycles. The Balaban J connectivity index is 1.49. The molecule has 9 nitrogen and oxygen atoms in total. The molecule has 0 fully saturated rings. The number of ether oxygens (including phenoxy) is 2. The van der Waals surface area contributed by atoms with Crippen LogP contribution in [0.3, 0.4) is 0 Å². The molecule has 3 rings (SSSR count). The first-order valence-corrected chi connectivity index (χ1v) is 9.19. The number of non-ortho nitro benzene ring substituents is 1. The lowest BCUT2D eigenvalue weighted by atomic mass is 10.1. The normalized spacial score (nSPS) is 10.3. The van der Waals surface area contributed by atoms with E-state index in [-0.39, 0.29) is 29.4 Å². The van der Waals surface area contributed by atoms with Crippen LogP contribution in [-0.2, 0) is 0 Å². The smallest absolute Gasteiger partial charge is 0.270 e. The SMILES string of the molecule is COc1ccc(-c2ccc(OCCNC(=O)c3ccc([N+](=O)[O-])cc3Cl)nn2)cc1. The lowest BCUT2D eigenvalue weighted by Gasteiger charge is -2.08. The fourth-order valence-corrected chi connectivity index (χ4v) is 2.79. The van der Waals surface area contributed by atoms with E-state index in [0.29, 0.717) is 11.6 Å². The summed E-state index contributed by atoms with van der Waals surface area (Å²) in [6, 6.07) is 14.5. The predicted octanol–water partition coefficient (Wildman–Crippen LogP) is 3.52. The van der Waals surface area contributed by atoms with Gasteiger partial charge in [-0.1, -0.05) is 11.6 Å². The first-order chi connectivity index (χ1) is 14.5. The summed E-state index contributed by atoms with van der Waals surface area (Å²) >= 11 is 5.94. The van der Waals surface area contributed by atoms with Crippen molar-refractivity contribution < 1.29 is 19.2 Å². The van der Waals surface area contributed by atoms with Crippen LogP contribution in [0.15, 0.2) is 54.6 Å². The minimum Gasteiger partial charge on any atom is -0.497 e. The molecule has 0 saturated heterocycles. The first-order valence-electron chi connectivity index (χ1n) is 8.81. The number of hydrogen-bond donors (Lipinski definition) is 1. The number of carbonyl (C=O) groups excluding carboxylic acids is 1. The Kier molecular flexibility index (Phi) is 6.76. The molecule has 0 bridgehead atoms. The molecule has 1 N–H and O–H groups in total. The number of aromatic nitrogens is 2. The van der Waals surface area contributed by atoms with E-state index in [2.05, 4.69) is 15.5 Å². The minimum absolute atomic E-state index is 0.00241. The molecule has 0 aliphatic heterocycles. The molecular weight excluding hydrogens is 412 g/mol. The van der Waals surface area contributed by atoms with Gasteiger partial charge in [0.25, 0.3) is 11.6 Å². The molecule has 0 unspecified atom stereocenters. The molecule has 0 aliphatic rings. The maximum Gasteiger partial charge on any atom is 0.270 e. The van der Waals surface area contributed by atoms with Crippen LogP contribution in [0.5, 0.6) is 11.6 Å². The lowest BCUT2D eigenvalue weighted by Crippen LogP contribution is -2.28. The van der Waals surface area contributed by atoms with Crippen LogP contribution in [0.2, 0.25) is 5.02 Å². The van der Waals surface area contributed by atoms with Gasteiger partial charge in [0, 0.05) is 23.8 Å². The second-order valence-corrected chi connectivity index (χ2v) is 6.42. The summed E-state index contributed by atoms with van der Waals surface area (Å²) in [5, 5.41) is 21.5. The van der Waals surface area contributed by atoms with Crippen LogP contribution in [-0.4, -0.2) is 41.3 Å². The Morgan fingerprint density at radius 2 is 1.90 bits per heavy atom. The molecule has 1 aromatic heterocycles. The Morgan fingerprint density at radius 1 is 1.13 bits per heavy atom. The fourth-order valence-electron chi connectivity index (χ4n) is 2.53. The molecule has 10 heteroatoms. The van der Waals surface area contributed by atoms with E-state index in [0.717, 1.165) is 17.4 Å². The number of benzene rings is 2. The van der Waals surface area contributed by atoms with Crippen molar-refractivity contribution in [3.63, 3.8) is 0 Å². The molecule has 0 atom stereocenters. The molecule has 2 aromatic carbocycles. The Bertz CT molecular complexity index is 1040. The van der Waals surface area contributed by atoms with Crippen molar-refractivity contribution in [2.45, 2.75) is 0 Å². The second kappa shape index (κ2) is 9.66. The van der Waals surface area contributed by atoms with E-state index < -0.39 is 10.8 Å². The van der Waals surface area contributed by atoms with Crippen LogP contribution in [0.4, 0.5) is 5.69 Å². The van der Waals surface area contributed by atoms with E-state index in [1.54, 1.807) is 19.2 Å². The summed E-state index contributed by atoms with van der Waals surface area (Å²) < 4.78 is 10.6. The number of nitro groups is 1. The van der Waals surface area contributed by atoms with Gasteiger partial charge in [-0.2, -0.15) is 0 Å². The van der Waals surface area contributed by atoms with Crippen molar-refractivity contribution in [3.8, 4) is 22.9 Å². The van der Waals surface area contributed by atoms with Crippen molar-refractivity contribution in [1.82, 2.24) is 15.5 Å². The van der Waals surface area contributed by atoms with E-state index >= 15 is 0 Å². The summed E-state index contributed by atoms with van der Waals surface area (Å²) in [6.07, 6.45) is 0. The zero-order valence-corrected chi connectivity index (χ0v) is 16.6. The molecular formula is C20H17ClN4O5. The maximum absolute atomic E-state index is 12.1. The van der Waals surface area contributed by atoms with Gasteiger partial charge in [0.15, 0.2) is 0 Å². The van der Waals surface area contributed by atoms with Gasteiger partial charge < -0.3 is 14.8 Å². The number of nitro benzene ring substituents is 1. The van der Waals surface area contributed by atoms with Crippen LogP contribution < -0.4 is 14.8 Å². The van der Waals surface area contributed by atoms with E-state index in [1.165, 1.54) is 12.1 Å². The zero-order valence-electron chi connectivity index (χ0n) is 15.9. The molecule has 154 valence electrons. The van der Waals surface area contributed by atoms with E-state index in [4.69, 9.17) is 21.1 Å². The number of nitrogens with one attached hydrogen (secondary N) is 1. The van der Waals surface area contributed by atoms with Crippen molar-refractivity contribution in [1.29, 1.82) is 0 Å². The summed E-state index contributed by atoms with van der Waals surface area (Å²) in [7, 11) is 1.60. The van der Waals surface area contributed by atoms with Gasteiger partial charge in [-0.25, -0.2) is 0 Å². The van der Waals surface area contributed by atoms with Gasteiger partial charge >= 0.3 is 0 Å². The van der Waals surface area contributed by atoms with Gasteiger partial charge in [0.05, 0.1) is 34.9 Å². The average Bonchev–Trinajstić information content (AvgIpc) is 2.77. The number of rotatable bonds is 8. The number of amides is 1. The summed E-state index contributed by atoms with van der Waals surface area (Å²) in [4.78, 5) is 22.3. The maximum atomic E-state index is 12.1. The molecule has 0 spiro atoms. The Hall–Kier alpha value is -3.72. The number of nitrogens with zero attached hydrogens (tertiary/aromatic N) is 3. The molecule has 1 amide bonds. The van der Waals surface area contributed by atoms with Crippen LogP contribution in [0.1, 0.15) is 10.4 Å². The monoisotopic (exact) mass is 428 g/mol. The third kappa shape index (κ3) is 5.21. The molecule has 3 aromatic rings. The molecule has 1 heterocycles. The highest BCUT2D eigenvalue weighted by Crippen LogP contribution is 2.23. The van der Waals surface area contributed by atoms with Crippen molar-refractivity contribution >= 4 is 23.2 Å². The largest absolute Gasteiger partial charge is 0.497 e. The van der Waals surface area contributed by atoms with Crippen molar-refractivity contribution in [2.24, 2.45) is 0 Å². The average molecular weight is 429 g/mol. The van der Waals surface area contributed by atoms with Gasteiger partial charge in [-0.3, -0.25) is 14.9 Å². The number of hydrogen-bond acceptors (Lipinski definition) is 7. The Morgan fingerprint density at radius 3 is 2.50 bits per heavy atom. The van der Waals surface area contributed by atoms with Gasteiger partial charge in [-0.05, 0) is 36.4 Å². The lowest BCUT2D eigenvalue weighted by molar-refractivity contribution is -0.384. The minimum atomic E-state index is -0.581. The topological polar surface area (TPSA) is 116 Å². The van der Waals surface area contributed by atoms with Crippen molar-refractivity contribution in [3.05, 3.63) is 75.3 Å². The third-order valence-electron chi connectivity index (χ3n) is 4.07. The van der Waals surface area contributed by atoms with Crippen LogP contribution in [0, 0.1) is 10.1 Å². The van der Waals surface area contributed by atoms with Gasteiger partial charge in [0.2, 0.25) is 5.88 Å². The van der Waals surface area contributed by atoms with Gasteiger partial charge in [-0.15, -0.1) is 10.2 Å². The Labute approximate surface area is 176 Å². The number of halogens is 1. The molecule has 0 saturated carbocycles. The highest BCUT2D eigenvalue weighted by molar-refractivity contribution is 6.34. The molecule has 30 heavy (non-hydrogen) atoms. The fraction of sp³-hybridized carbons (Fsp3) is 0.150. The van der Waals surface area contributed by atoms with E-state index in [1.807, 2.05) is 24.3 Å². The van der Waals surface area contributed by atoms with E-state index in [9.17, 15) is 14.9 Å². The summed E-state index contributed by atoms with van der Waals surface area (Å²) in [5.74, 6) is 0.609. The first kappa shape index (κ1) is 21.0. The van der Waals surface area contributed by atoms with Crippen LogP contribution in [0.25, 0.3) is 11.3 Å². The number of carbonyl (C=O) groups is 1. The third-order valence-corrected chi connectivity index (χ3v) is 4.38. The van der Waals surface area contributed by atoms with Crippen molar-refractivity contribution in [2.75, 3.05) is 20.3 Å². The summed E-state index contributed by atoms with van der Waals surface area (Å²) in [5.41, 5.74) is 1.54. The quantitative estimate of drug-likeness (QED) is 0.331. The molecule has 0 radical (unpaired) electrons. The zero-order chi connectivity index (χ0) is 21.5. The summed E-state index contributed by atoms with van der Waals surface area (Å²) in [6.45, 7) is 0.348. The predicted molar refractivity (Wildman–Crippen MR) is 110 cm³/mol. The van der Waals surface area contributed by atoms with Crippen LogP contribution >= 0.6 is 11.6 Å². The van der Waals surface area contributed by atoms with Gasteiger partial charge in [0.1, 0.15) is 12.4 Å². The standard InChI is InChI=1S/C20H17ClN4O5/c1-29-15-5-2-13(3-6-15)18-8-9-19(24-23-18)30-11-10-22-20(26)16-7-4-14(25(27)28)12-17(16)21/h2-9,12H,10-11H2,1H3,(H,22,26). The number of methoxy groups -OCH3 is 1. The highest BCUT2D eigenvalue weighted by atomic mass is 35.5. The second-order valence-electron chi connectivity index (χ2n) is 6.01. The highest BCUT2D eigenvalue weighted by Gasteiger charge is 2.14.